The smallest absolute Gasteiger partial charge is 0.146 e. The second-order valence-electron chi connectivity index (χ2n) is 6.84. The summed E-state index contributed by atoms with van der Waals surface area (Å²) in [6.07, 6.45) is 4.68. The molecule has 0 amide bonds. The molecule has 3 heteroatoms. The molecule has 4 rings (SSSR count). The summed E-state index contributed by atoms with van der Waals surface area (Å²) in [5.41, 5.74) is 0.841. The average molecular weight is 286 g/mol. The van der Waals surface area contributed by atoms with Gasteiger partial charge in [0.05, 0.1) is 17.6 Å². The fraction of sp³-hybridized carbons (Fsp3) is 0.611. The monoisotopic (exact) mass is 286 g/mol. The summed E-state index contributed by atoms with van der Waals surface area (Å²) in [7, 11) is 0. The Bertz CT molecular complexity index is 527. The van der Waals surface area contributed by atoms with Gasteiger partial charge in [0, 0.05) is 25.6 Å². The van der Waals surface area contributed by atoms with Gasteiger partial charge < -0.3 is 9.47 Å². The first kappa shape index (κ1) is 13.5. The lowest BCUT2D eigenvalue weighted by Gasteiger charge is -2.37. The van der Waals surface area contributed by atoms with Gasteiger partial charge >= 0.3 is 0 Å². The predicted octanol–water partition coefficient (Wildman–Crippen LogP) is 2.87. The Balaban J connectivity index is 1.55. The zero-order chi connectivity index (χ0) is 14.3. The zero-order valence-electron chi connectivity index (χ0n) is 12.3. The summed E-state index contributed by atoms with van der Waals surface area (Å²) in [5.74, 6) is 0.589. The fourth-order valence-electron chi connectivity index (χ4n) is 4.07. The van der Waals surface area contributed by atoms with Gasteiger partial charge in [-0.1, -0.05) is 30.3 Å². The molecule has 21 heavy (non-hydrogen) atoms. The van der Waals surface area contributed by atoms with Crippen LogP contribution in [-0.4, -0.2) is 31.2 Å². The van der Waals surface area contributed by atoms with Gasteiger partial charge in [-0.25, -0.2) is 0 Å². The predicted molar refractivity (Wildman–Crippen MR) is 79.2 cm³/mol. The normalized spacial score (nSPS) is 34.0. The Labute approximate surface area is 125 Å². The zero-order valence-corrected chi connectivity index (χ0v) is 12.3. The molecule has 1 spiro atoms. The van der Waals surface area contributed by atoms with E-state index in [0.717, 1.165) is 38.7 Å². The van der Waals surface area contributed by atoms with E-state index in [4.69, 9.17) is 9.47 Å². The molecule has 0 aromatic heterocycles. The summed E-state index contributed by atoms with van der Waals surface area (Å²) in [6, 6.07) is 10.3. The Hall–Kier alpha value is -1.19. The van der Waals surface area contributed by atoms with E-state index in [-0.39, 0.29) is 16.9 Å². The molecule has 0 radical (unpaired) electrons. The molecule has 3 fully saturated rings. The van der Waals surface area contributed by atoms with Crippen LogP contribution >= 0.6 is 0 Å². The van der Waals surface area contributed by atoms with Gasteiger partial charge in [-0.3, -0.25) is 4.79 Å². The highest BCUT2D eigenvalue weighted by atomic mass is 16.6. The van der Waals surface area contributed by atoms with Crippen molar-refractivity contribution in [3.63, 3.8) is 0 Å². The van der Waals surface area contributed by atoms with Gasteiger partial charge in [-0.05, 0) is 31.2 Å². The summed E-state index contributed by atoms with van der Waals surface area (Å²) in [5, 5.41) is 0. The Morgan fingerprint density at radius 2 is 1.90 bits per heavy atom. The minimum absolute atomic E-state index is 0.142. The van der Waals surface area contributed by atoms with Crippen molar-refractivity contribution >= 4 is 5.78 Å². The number of rotatable bonds is 3. The molecule has 3 aliphatic rings. The standard InChI is InChI=1S/C18H22O3/c19-16(18(7-8-18)15-4-2-1-3-5-15)14-6-10-21-17(12-14)9-11-20-13-17/h1-5,14H,6-13H2. The van der Waals surface area contributed by atoms with Crippen LogP contribution < -0.4 is 0 Å². The largest absolute Gasteiger partial charge is 0.378 e. The summed E-state index contributed by atoms with van der Waals surface area (Å²) >= 11 is 0. The lowest BCUT2D eigenvalue weighted by Crippen LogP contribution is -2.44. The number of carbonyl (C=O) groups is 1. The van der Waals surface area contributed by atoms with E-state index < -0.39 is 0 Å². The van der Waals surface area contributed by atoms with E-state index in [1.54, 1.807) is 0 Å². The molecule has 2 heterocycles. The molecule has 1 aromatic carbocycles. The third-order valence-electron chi connectivity index (χ3n) is 5.48. The Kier molecular flexibility index (Phi) is 3.16. The molecule has 3 nitrogen and oxygen atoms in total. The number of carbonyl (C=O) groups excluding carboxylic acids is 1. The first-order valence-corrected chi connectivity index (χ1v) is 8.06. The third-order valence-corrected chi connectivity index (χ3v) is 5.48. The Morgan fingerprint density at radius 1 is 1.10 bits per heavy atom. The van der Waals surface area contributed by atoms with E-state index >= 15 is 0 Å². The van der Waals surface area contributed by atoms with Crippen LogP contribution in [0, 0.1) is 5.92 Å². The molecule has 2 unspecified atom stereocenters. The number of ether oxygens (including phenoxy) is 2. The van der Waals surface area contributed by atoms with Crippen molar-refractivity contribution in [3.8, 4) is 0 Å². The molecule has 0 N–H and O–H groups in total. The second kappa shape index (κ2) is 4.92. The van der Waals surface area contributed by atoms with Gasteiger partial charge in [-0.15, -0.1) is 0 Å². The van der Waals surface area contributed by atoms with Crippen LogP contribution in [0.3, 0.4) is 0 Å². The van der Waals surface area contributed by atoms with Crippen LogP contribution in [0.5, 0.6) is 0 Å². The molecular formula is C18H22O3. The molecule has 112 valence electrons. The molecule has 1 aromatic rings. The molecule has 2 aliphatic heterocycles. The maximum Gasteiger partial charge on any atom is 0.146 e. The van der Waals surface area contributed by atoms with E-state index in [1.165, 1.54) is 5.56 Å². The van der Waals surface area contributed by atoms with Crippen molar-refractivity contribution in [3.05, 3.63) is 35.9 Å². The van der Waals surface area contributed by atoms with Crippen LogP contribution in [0.15, 0.2) is 30.3 Å². The summed E-state index contributed by atoms with van der Waals surface area (Å²) in [4.78, 5) is 13.1. The summed E-state index contributed by atoms with van der Waals surface area (Å²) in [6.45, 7) is 2.13. The SMILES string of the molecule is O=C(C1CCOC2(CCOC2)C1)C1(c2ccccc2)CC1. The lowest BCUT2D eigenvalue weighted by molar-refractivity contribution is -0.139. The van der Waals surface area contributed by atoms with Crippen molar-refractivity contribution in [2.24, 2.45) is 5.92 Å². The minimum atomic E-state index is -0.191. The molecular weight excluding hydrogens is 264 g/mol. The number of ketones is 1. The second-order valence-corrected chi connectivity index (χ2v) is 6.84. The number of hydrogen-bond donors (Lipinski definition) is 0. The topological polar surface area (TPSA) is 35.5 Å². The van der Waals surface area contributed by atoms with Gasteiger partial charge in [-0.2, -0.15) is 0 Å². The van der Waals surface area contributed by atoms with Crippen LogP contribution in [0.2, 0.25) is 0 Å². The maximum absolute atomic E-state index is 13.1. The van der Waals surface area contributed by atoms with Gasteiger partial charge in [0.25, 0.3) is 0 Å². The molecule has 0 bridgehead atoms. The van der Waals surface area contributed by atoms with Crippen LogP contribution in [-0.2, 0) is 19.7 Å². The van der Waals surface area contributed by atoms with Crippen molar-refractivity contribution < 1.29 is 14.3 Å². The van der Waals surface area contributed by atoms with E-state index in [0.29, 0.717) is 19.0 Å². The molecule has 1 aliphatic carbocycles. The van der Waals surface area contributed by atoms with Crippen LogP contribution in [0.25, 0.3) is 0 Å². The summed E-state index contributed by atoms with van der Waals surface area (Å²) < 4.78 is 11.5. The van der Waals surface area contributed by atoms with Gasteiger partial charge in [0.2, 0.25) is 0 Å². The van der Waals surface area contributed by atoms with Crippen LogP contribution in [0.1, 0.15) is 37.7 Å². The minimum Gasteiger partial charge on any atom is -0.378 e. The van der Waals surface area contributed by atoms with Crippen molar-refractivity contribution in [2.75, 3.05) is 19.8 Å². The fourth-order valence-corrected chi connectivity index (χ4v) is 4.07. The number of benzene rings is 1. The van der Waals surface area contributed by atoms with Gasteiger partial charge in [0.1, 0.15) is 5.78 Å². The van der Waals surface area contributed by atoms with Crippen molar-refractivity contribution in [1.82, 2.24) is 0 Å². The van der Waals surface area contributed by atoms with E-state index in [9.17, 15) is 4.79 Å². The molecule has 2 saturated heterocycles. The first-order valence-electron chi connectivity index (χ1n) is 8.06. The number of Topliss-reactive ketones (excluding diaryl/α,β-unsaturated/α-hetero) is 1. The van der Waals surface area contributed by atoms with Gasteiger partial charge in [0.15, 0.2) is 0 Å². The van der Waals surface area contributed by atoms with E-state index in [2.05, 4.69) is 12.1 Å². The first-order chi connectivity index (χ1) is 10.2. The highest BCUT2D eigenvalue weighted by molar-refractivity contribution is 5.95. The van der Waals surface area contributed by atoms with Crippen LogP contribution in [0.4, 0.5) is 0 Å². The van der Waals surface area contributed by atoms with E-state index in [1.807, 2.05) is 18.2 Å². The highest BCUT2D eigenvalue weighted by Crippen LogP contribution is 2.52. The van der Waals surface area contributed by atoms with Crippen molar-refractivity contribution in [1.29, 1.82) is 0 Å². The quantitative estimate of drug-likeness (QED) is 0.857. The lowest BCUT2D eigenvalue weighted by atomic mass is 9.76. The average Bonchev–Trinajstić information content (AvgIpc) is 3.24. The number of hydrogen-bond acceptors (Lipinski definition) is 3. The maximum atomic E-state index is 13.1. The third kappa shape index (κ3) is 2.23. The Morgan fingerprint density at radius 3 is 2.57 bits per heavy atom. The highest BCUT2D eigenvalue weighted by Gasteiger charge is 2.55. The molecule has 2 atom stereocenters. The molecule has 1 saturated carbocycles. The van der Waals surface area contributed by atoms with Crippen molar-refractivity contribution in [2.45, 2.75) is 43.1 Å².